The second kappa shape index (κ2) is 2.85. The van der Waals surface area contributed by atoms with Crippen molar-refractivity contribution >= 4 is 5.91 Å². The lowest BCUT2D eigenvalue weighted by molar-refractivity contribution is 0.0993. The molecular weight excluding hydrogens is 170 g/mol. The summed E-state index contributed by atoms with van der Waals surface area (Å²) >= 11 is 0. The van der Waals surface area contributed by atoms with Crippen molar-refractivity contribution in [3.8, 4) is 0 Å². The summed E-state index contributed by atoms with van der Waals surface area (Å²) in [5, 5.41) is 15.9. The van der Waals surface area contributed by atoms with Gasteiger partial charge in [-0.1, -0.05) is 0 Å². The second-order valence-corrected chi connectivity index (χ2v) is 3.29. The summed E-state index contributed by atoms with van der Waals surface area (Å²) in [4.78, 5) is 10.9. The SMILES string of the molecule is NC(=O)c1n[nH]c2c1CCC(O)C2. The van der Waals surface area contributed by atoms with Crippen LogP contribution in [0.25, 0.3) is 0 Å². The molecule has 4 N–H and O–H groups in total. The lowest BCUT2D eigenvalue weighted by Crippen LogP contribution is -2.20. The van der Waals surface area contributed by atoms with Gasteiger partial charge in [-0.25, -0.2) is 0 Å². The number of aliphatic hydroxyl groups is 1. The highest BCUT2D eigenvalue weighted by atomic mass is 16.3. The van der Waals surface area contributed by atoms with Crippen LogP contribution in [0.4, 0.5) is 0 Å². The number of H-pyrrole nitrogens is 1. The van der Waals surface area contributed by atoms with Crippen LogP contribution in [0.5, 0.6) is 0 Å². The van der Waals surface area contributed by atoms with Crippen LogP contribution in [0.15, 0.2) is 0 Å². The van der Waals surface area contributed by atoms with Crippen LogP contribution < -0.4 is 5.73 Å². The third kappa shape index (κ3) is 1.31. The minimum absolute atomic E-state index is 0.321. The number of nitrogens with two attached hydrogens (primary N) is 1. The molecule has 13 heavy (non-hydrogen) atoms. The van der Waals surface area contributed by atoms with Gasteiger partial charge in [0.2, 0.25) is 0 Å². The number of aliphatic hydroxyl groups excluding tert-OH is 1. The Morgan fingerprint density at radius 2 is 2.46 bits per heavy atom. The van der Waals surface area contributed by atoms with E-state index in [0.29, 0.717) is 25.0 Å². The Balaban J connectivity index is 2.39. The molecule has 1 aliphatic carbocycles. The van der Waals surface area contributed by atoms with Gasteiger partial charge >= 0.3 is 0 Å². The van der Waals surface area contributed by atoms with Crippen LogP contribution in [-0.2, 0) is 12.8 Å². The van der Waals surface area contributed by atoms with E-state index in [1.165, 1.54) is 0 Å². The Morgan fingerprint density at radius 3 is 3.15 bits per heavy atom. The Hall–Kier alpha value is -1.36. The largest absolute Gasteiger partial charge is 0.393 e. The first-order valence-corrected chi connectivity index (χ1v) is 4.22. The molecule has 1 aromatic heterocycles. The molecule has 5 nitrogen and oxygen atoms in total. The average molecular weight is 181 g/mol. The van der Waals surface area contributed by atoms with E-state index in [1.807, 2.05) is 0 Å². The molecule has 0 aromatic carbocycles. The maximum atomic E-state index is 10.9. The standard InChI is InChI=1S/C8H11N3O2/c9-8(13)7-5-2-1-4(12)3-6(5)10-11-7/h4,12H,1-3H2,(H2,9,13)(H,10,11). The molecule has 1 heterocycles. The summed E-state index contributed by atoms with van der Waals surface area (Å²) in [6.07, 6.45) is 1.56. The molecular formula is C8H11N3O2. The van der Waals surface area contributed by atoms with Gasteiger partial charge in [-0.3, -0.25) is 9.89 Å². The number of carbonyl (C=O) groups excluding carboxylic acids is 1. The normalized spacial score (nSPS) is 21.2. The Bertz CT molecular complexity index is 345. The highest BCUT2D eigenvalue weighted by Gasteiger charge is 2.23. The second-order valence-electron chi connectivity index (χ2n) is 3.29. The van der Waals surface area contributed by atoms with Gasteiger partial charge in [-0.05, 0) is 12.8 Å². The molecule has 0 fully saturated rings. The summed E-state index contributed by atoms with van der Waals surface area (Å²) in [7, 11) is 0. The first-order chi connectivity index (χ1) is 6.18. The molecule has 1 aromatic rings. The van der Waals surface area contributed by atoms with Crippen molar-refractivity contribution in [1.82, 2.24) is 10.2 Å². The van der Waals surface area contributed by atoms with Crippen molar-refractivity contribution in [2.24, 2.45) is 5.73 Å². The highest BCUT2D eigenvalue weighted by molar-refractivity contribution is 5.92. The highest BCUT2D eigenvalue weighted by Crippen LogP contribution is 2.21. The molecule has 0 saturated heterocycles. The third-order valence-electron chi connectivity index (χ3n) is 2.35. The third-order valence-corrected chi connectivity index (χ3v) is 2.35. The maximum absolute atomic E-state index is 10.9. The van der Waals surface area contributed by atoms with Crippen LogP contribution in [0.1, 0.15) is 28.2 Å². The zero-order valence-electron chi connectivity index (χ0n) is 7.08. The fraction of sp³-hybridized carbons (Fsp3) is 0.500. The van der Waals surface area contributed by atoms with Crippen molar-refractivity contribution in [3.63, 3.8) is 0 Å². The van der Waals surface area contributed by atoms with Gasteiger partial charge in [0.1, 0.15) is 0 Å². The predicted octanol–water partition coefficient (Wildman–Crippen LogP) is -0.642. The molecule has 0 spiro atoms. The van der Waals surface area contributed by atoms with E-state index >= 15 is 0 Å². The number of hydrogen-bond acceptors (Lipinski definition) is 3. The molecule has 70 valence electrons. The molecule has 0 bridgehead atoms. The van der Waals surface area contributed by atoms with Gasteiger partial charge < -0.3 is 10.8 Å². The van der Waals surface area contributed by atoms with Crippen molar-refractivity contribution in [2.75, 3.05) is 0 Å². The average Bonchev–Trinajstić information content (AvgIpc) is 2.46. The topological polar surface area (TPSA) is 92.0 Å². The molecule has 5 heteroatoms. The minimum Gasteiger partial charge on any atom is -0.393 e. The number of nitrogens with one attached hydrogen (secondary N) is 1. The summed E-state index contributed by atoms with van der Waals surface area (Å²) in [5.41, 5.74) is 7.17. The van der Waals surface area contributed by atoms with E-state index in [-0.39, 0.29) is 6.10 Å². The van der Waals surface area contributed by atoms with E-state index < -0.39 is 5.91 Å². The number of nitrogens with zero attached hydrogens (tertiary/aromatic N) is 1. The van der Waals surface area contributed by atoms with Crippen LogP contribution in [0, 0.1) is 0 Å². The molecule has 2 rings (SSSR count). The zero-order chi connectivity index (χ0) is 9.42. The van der Waals surface area contributed by atoms with Gasteiger partial charge in [-0.15, -0.1) is 0 Å². The number of rotatable bonds is 1. The summed E-state index contributed by atoms with van der Waals surface area (Å²) in [6, 6.07) is 0. The van der Waals surface area contributed by atoms with Crippen LogP contribution in [0.3, 0.4) is 0 Å². The van der Waals surface area contributed by atoms with Crippen molar-refractivity contribution in [1.29, 1.82) is 0 Å². The maximum Gasteiger partial charge on any atom is 0.269 e. The first-order valence-electron chi connectivity index (χ1n) is 4.22. The van der Waals surface area contributed by atoms with E-state index in [0.717, 1.165) is 11.3 Å². The molecule has 1 amide bonds. The van der Waals surface area contributed by atoms with Crippen LogP contribution in [-0.4, -0.2) is 27.3 Å². The van der Waals surface area contributed by atoms with Gasteiger partial charge in [-0.2, -0.15) is 5.10 Å². The Labute approximate surface area is 74.9 Å². The van der Waals surface area contributed by atoms with Crippen LogP contribution in [0.2, 0.25) is 0 Å². The van der Waals surface area contributed by atoms with Crippen molar-refractivity contribution in [2.45, 2.75) is 25.4 Å². The predicted molar refractivity (Wildman–Crippen MR) is 45.1 cm³/mol. The Morgan fingerprint density at radius 1 is 1.69 bits per heavy atom. The monoisotopic (exact) mass is 181 g/mol. The minimum atomic E-state index is -0.506. The first kappa shape index (κ1) is 8.25. The molecule has 1 atom stereocenters. The van der Waals surface area contributed by atoms with Crippen LogP contribution >= 0.6 is 0 Å². The van der Waals surface area contributed by atoms with Crippen molar-refractivity contribution in [3.05, 3.63) is 17.0 Å². The number of amides is 1. The number of hydrogen-bond donors (Lipinski definition) is 3. The number of fused-ring (bicyclic) bond motifs is 1. The molecule has 1 aliphatic rings. The van der Waals surface area contributed by atoms with Gasteiger partial charge in [0.05, 0.1) is 6.10 Å². The van der Waals surface area contributed by atoms with Gasteiger partial charge in [0.25, 0.3) is 5.91 Å². The summed E-state index contributed by atoms with van der Waals surface area (Å²) in [5.74, 6) is -0.506. The van der Waals surface area contributed by atoms with E-state index in [2.05, 4.69) is 10.2 Å². The van der Waals surface area contributed by atoms with Crippen molar-refractivity contribution < 1.29 is 9.90 Å². The van der Waals surface area contributed by atoms with Gasteiger partial charge in [0, 0.05) is 17.7 Å². The number of carbonyl (C=O) groups is 1. The van der Waals surface area contributed by atoms with E-state index in [4.69, 9.17) is 5.73 Å². The van der Waals surface area contributed by atoms with Gasteiger partial charge in [0.15, 0.2) is 5.69 Å². The summed E-state index contributed by atoms with van der Waals surface area (Å²) < 4.78 is 0. The van der Waals surface area contributed by atoms with E-state index in [1.54, 1.807) is 0 Å². The fourth-order valence-corrected chi connectivity index (χ4v) is 1.69. The quantitative estimate of drug-likeness (QED) is 0.538. The Kier molecular flexibility index (Phi) is 1.81. The fourth-order valence-electron chi connectivity index (χ4n) is 1.69. The number of aromatic amines is 1. The lowest BCUT2D eigenvalue weighted by atomic mass is 9.93. The smallest absolute Gasteiger partial charge is 0.269 e. The molecule has 0 saturated carbocycles. The molecule has 0 aliphatic heterocycles. The molecule has 1 unspecified atom stereocenters. The lowest BCUT2D eigenvalue weighted by Gasteiger charge is -2.16. The van der Waals surface area contributed by atoms with E-state index in [9.17, 15) is 9.90 Å². The molecule has 0 radical (unpaired) electrons. The summed E-state index contributed by atoms with van der Waals surface area (Å²) in [6.45, 7) is 0. The number of primary amides is 1. The number of aromatic nitrogens is 2. The zero-order valence-corrected chi connectivity index (χ0v) is 7.08.